The van der Waals surface area contributed by atoms with Gasteiger partial charge in [0.25, 0.3) is 0 Å². The summed E-state index contributed by atoms with van der Waals surface area (Å²) in [5.74, 6) is 0.440. The first kappa shape index (κ1) is 11.0. The minimum absolute atomic E-state index is 0.0878. The van der Waals surface area contributed by atoms with E-state index in [1.165, 1.54) is 0 Å². The Hall–Kier alpha value is -0.120. The molecule has 0 spiro atoms. The molecule has 0 aromatic heterocycles. The van der Waals surface area contributed by atoms with Crippen LogP contribution < -0.4 is 0 Å². The van der Waals surface area contributed by atoms with E-state index in [-0.39, 0.29) is 18.5 Å². The summed E-state index contributed by atoms with van der Waals surface area (Å²) in [6, 6.07) is 0. The van der Waals surface area contributed by atoms with Gasteiger partial charge >= 0.3 is 0 Å². The van der Waals surface area contributed by atoms with Gasteiger partial charge in [-0.15, -0.1) is 0 Å². The van der Waals surface area contributed by atoms with Gasteiger partial charge in [-0.05, 0) is 26.7 Å². The van der Waals surface area contributed by atoms with Crippen molar-refractivity contribution in [3.8, 4) is 0 Å². The van der Waals surface area contributed by atoms with Gasteiger partial charge in [-0.2, -0.15) is 0 Å². The maximum Gasteiger partial charge on any atom is 0.155 e. The van der Waals surface area contributed by atoms with E-state index in [4.69, 9.17) is 14.6 Å². The third kappa shape index (κ3) is 3.63. The van der Waals surface area contributed by atoms with Crippen LogP contribution in [0.2, 0.25) is 0 Å². The largest absolute Gasteiger partial charge is 0.393 e. The van der Waals surface area contributed by atoms with E-state index in [0.29, 0.717) is 5.92 Å². The zero-order valence-electron chi connectivity index (χ0n) is 8.69. The molecule has 0 bridgehead atoms. The summed E-state index contributed by atoms with van der Waals surface area (Å²) in [6.07, 6.45) is 1.66. The van der Waals surface area contributed by atoms with Crippen LogP contribution in [0.15, 0.2) is 0 Å². The molecule has 1 aliphatic heterocycles. The minimum Gasteiger partial charge on any atom is -0.393 e. The van der Waals surface area contributed by atoms with Gasteiger partial charge < -0.3 is 14.6 Å². The number of ether oxygens (including phenoxy) is 2. The third-order valence-electron chi connectivity index (χ3n) is 2.46. The van der Waals surface area contributed by atoms with Crippen LogP contribution in [0.1, 0.15) is 33.6 Å². The number of aliphatic hydroxyl groups is 1. The average Bonchev–Trinajstić information content (AvgIpc) is 2.06. The summed E-state index contributed by atoms with van der Waals surface area (Å²) in [5, 5.41) is 9.15. The van der Waals surface area contributed by atoms with Gasteiger partial charge in [-0.3, -0.25) is 0 Å². The molecule has 13 heavy (non-hydrogen) atoms. The Morgan fingerprint density at radius 2 is 2.15 bits per heavy atom. The smallest absolute Gasteiger partial charge is 0.155 e. The van der Waals surface area contributed by atoms with Crippen molar-refractivity contribution in [2.75, 3.05) is 6.61 Å². The Bertz CT molecular complexity index is 147. The van der Waals surface area contributed by atoms with Crippen molar-refractivity contribution < 1.29 is 14.6 Å². The molecule has 3 nitrogen and oxygen atoms in total. The highest BCUT2D eigenvalue weighted by Gasteiger charge is 2.26. The van der Waals surface area contributed by atoms with E-state index < -0.39 is 0 Å². The molecule has 0 radical (unpaired) electrons. The second-order valence-electron chi connectivity index (χ2n) is 3.98. The Kier molecular flexibility index (Phi) is 4.16. The summed E-state index contributed by atoms with van der Waals surface area (Å²) >= 11 is 0. The summed E-state index contributed by atoms with van der Waals surface area (Å²) in [4.78, 5) is 0. The quantitative estimate of drug-likeness (QED) is 0.730. The number of hydrogen-bond donors (Lipinski definition) is 1. The molecular weight excluding hydrogens is 168 g/mol. The minimum atomic E-state index is -0.228. The second kappa shape index (κ2) is 4.94. The van der Waals surface area contributed by atoms with E-state index >= 15 is 0 Å². The maximum atomic E-state index is 9.15. The Morgan fingerprint density at radius 3 is 2.77 bits per heavy atom. The first-order valence-corrected chi connectivity index (χ1v) is 5.04. The van der Waals surface area contributed by atoms with Gasteiger partial charge in [0.05, 0.1) is 18.8 Å². The van der Waals surface area contributed by atoms with Crippen molar-refractivity contribution in [3.05, 3.63) is 0 Å². The van der Waals surface area contributed by atoms with E-state index in [9.17, 15) is 0 Å². The zero-order chi connectivity index (χ0) is 9.84. The maximum absolute atomic E-state index is 9.15. The SMILES string of the molecule is CC(O)CC[C@H]1OC(C)OC[C@@H]1C. The molecule has 4 atom stereocenters. The van der Waals surface area contributed by atoms with Crippen molar-refractivity contribution >= 4 is 0 Å². The van der Waals surface area contributed by atoms with Crippen molar-refractivity contribution in [1.82, 2.24) is 0 Å². The standard InChI is InChI=1S/C10H20O3/c1-7-6-12-9(3)13-10(7)5-4-8(2)11/h7-11H,4-6H2,1-3H3/t7-,8?,9?,10+/m0/s1. The lowest BCUT2D eigenvalue weighted by Gasteiger charge is -2.33. The molecule has 0 amide bonds. The first-order chi connectivity index (χ1) is 6.09. The van der Waals surface area contributed by atoms with Gasteiger partial charge in [0, 0.05) is 5.92 Å². The third-order valence-corrected chi connectivity index (χ3v) is 2.46. The molecule has 3 heteroatoms. The van der Waals surface area contributed by atoms with Crippen molar-refractivity contribution in [1.29, 1.82) is 0 Å². The Balaban J connectivity index is 2.29. The molecule has 1 heterocycles. The normalized spacial score (nSPS) is 37.4. The summed E-state index contributed by atoms with van der Waals surface area (Å²) < 4.78 is 11.0. The Morgan fingerprint density at radius 1 is 1.46 bits per heavy atom. The van der Waals surface area contributed by atoms with E-state index in [2.05, 4.69) is 6.92 Å². The number of aliphatic hydroxyl groups excluding tert-OH is 1. The van der Waals surface area contributed by atoms with Gasteiger partial charge in [-0.1, -0.05) is 6.92 Å². The molecule has 1 rings (SSSR count). The van der Waals surface area contributed by atoms with Gasteiger partial charge in [-0.25, -0.2) is 0 Å². The molecule has 2 unspecified atom stereocenters. The van der Waals surface area contributed by atoms with Crippen LogP contribution in [-0.4, -0.2) is 30.2 Å². The molecule has 0 saturated carbocycles. The van der Waals surface area contributed by atoms with E-state index in [0.717, 1.165) is 19.4 Å². The molecule has 78 valence electrons. The fourth-order valence-corrected chi connectivity index (χ4v) is 1.57. The van der Waals surface area contributed by atoms with Crippen molar-refractivity contribution in [2.45, 2.75) is 52.1 Å². The first-order valence-electron chi connectivity index (χ1n) is 5.04. The summed E-state index contributed by atoms with van der Waals surface area (Å²) in [7, 11) is 0. The predicted octanol–water partition coefficient (Wildman–Crippen LogP) is 1.54. The molecule has 0 aromatic carbocycles. The topological polar surface area (TPSA) is 38.7 Å². The van der Waals surface area contributed by atoms with E-state index in [1.54, 1.807) is 0 Å². The van der Waals surface area contributed by atoms with Crippen LogP contribution in [0.25, 0.3) is 0 Å². The predicted molar refractivity (Wildman–Crippen MR) is 50.4 cm³/mol. The van der Waals surface area contributed by atoms with Crippen molar-refractivity contribution in [2.24, 2.45) is 5.92 Å². The van der Waals surface area contributed by atoms with Crippen LogP contribution in [0.3, 0.4) is 0 Å². The number of rotatable bonds is 3. The fraction of sp³-hybridized carbons (Fsp3) is 1.00. The molecule has 1 saturated heterocycles. The molecule has 1 aliphatic rings. The summed E-state index contributed by atoms with van der Waals surface area (Å²) in [5.41, 5.74) is 0. The number of hydrogen-bond acceptors (Lipinski definition) is 3. The highest BCUT2D eigenvalue weighted by molar-refractivity contribution is 4.71. The molecule has 0 aliphatic carbocycles. The zero-order valence-corrected chi connectivity index (χ0v) is 8.69. The lowest BCUT2D eigenvalue weighted by molar-refractivity contribution is -0.226. The highest BCUT2D eigenvalue weighted by atomic mass is 16.7. The van der Waals surface area contributed by atoms with Gasteiger partial charge in [0.1, 0.15) is 0 Å². The van der Waals surface area contributed by atoms with E-state index in [1.807, 2.05) is 13.8 Å². The van der Waals surface area contributed by atoms with Crippen LogP contribution in [0.5, 0.6) is 0 Å². The second-order valence-corrected chi connectivity index (χ2v) is 3.98. The van der Waals surface area contributed by atoms with Crippen molar-refractivity contribution in [3.63, 3.8) is 0 Å². The van der Waals surface area contributed by atoms with Crippen LogP contribution in [0, 0.1) is 5.92 Å². The van der Waals surface area contributed by atoms with Crippen LogP contribution >= 0.6 is 0 Å². The molecule has 1 N–H and O–H groups in total. The van der Waals surface area contributed by atoms with Crippen LogP contribution in [0.4, 0.5) is 0 Å². The van der Waals surface area contributed by atoms with Gasteiger partial charge in [0.15, 0.2) is 6.29 Å². The van der Waals surface area contributed by atoms with Crippen LogP contribution in [-0.2, 0) is 9.47 Å². The fourth-order valence-electron chi connectivity index (χ4n) is 1.57. The lowest BCUT2D eigenvalue weighted by atomic mass is 9.99. The molecular formula is C10H20O3. The molecule has 0 aromatic rings. The summed E-state index contributed by atoms with van der Waals surface area (Å²) in [6.45, 7) is 6.62. The average molecular weight is 188 g/mol. The Labute approximate surface area is 80.0 Å². The van der Waals surface area contributed by atoms with Gasteiger partial charge in [0.2, 0.25) is 0 Å². The highest BCUT2D eigenvalue weighted by Crippen LogP contribution is 2.22. The molecule has 1 fully saturated rings. The lowest BCUT2D eigenvalue weighted by Crippen LogP contribution is -2.37. The monoisotopic (exact) mass is 188 g/mol.